The van der Waals surface area contributed by atoms with Gasteiger partial charge in [0.1, 0.15) is 11.4 Å². The van der Waals surface area contributed by atoms with Gasteiger partial charge >= 0.3 is 5.69 Å². The van der Waals surface area contributed by atoms with E-state index in [2.05, 4.69) is 10.5 Å². The lowest BCUT2D eigenvalue weighted by atomic mass is 9.71. The number of rotatable bonds is 5. The number of nitro groups is 2. The van der Waals surface area contributed by atoms with Crippen molar-refractivity contribution in [2.75, 3.05) is 12.5 Å². The zero-order valence-corrected chi connectivity index (χ0v) is 15.8. The van der Waals surface area contributed by atoms with E-state index in [1.807, 2.05) is 32.0 Å². The van der Waals surface area contributed by atoms with Gasteiger partial charge in [-0.1, -0.05) is 19.9 Å². The summed E-state index contributed by atoms with van der Waals surface area (Å²) in [6, 6.07) is 9.37. The van der Waals surface area contributed by atoms with Crippen molar-refractivity contribution in [1.82, 2.24) is 0 Å². The minimum Gasteiger partial charge on any atom is -0.497 e. The summed E-state index contributed by atoms with van der Waals surface area (Å²) in [4.78, 5) is 20.8. The number of fused-ring (bicyclic) bond motifs is 1. The molecule has 0 amide bonds. The highest BCUT2D eigenvalue weighted by Crippen LogP contribution is 2.37. The summed E-state index contributed by atoms with van der Waals surface area (Å²) < 4.78 is 5.29. The molecule has 146 valence electrons. The molecule has 28 heavy (non-hydrogen) atoms. The molecule has 1 aliphatic carbocycles. The second kappa shape index (κ2) is 7.26. The van der Waals surface area contributed by atoms with Crippen LogP contribution in [-0.2, 0) is 11.8 Å². The van der Waals surface area contributed by atoms with Crippen LogP contribution in [0.3, 0.4) is 0 Å². The van der Waals surface area contributed by atoms with Crippen LogP contribution in [0.4, 0.5) is 17.1 Å². The van der Waals surface area contributed by atoms with E-state index in [9.17, 15) is 20.2 Å². The van der Waals surface area contributed by atoms with Crippen molar-refractivity contribution in [2.24, 2.45) is 5.10 Å². The molecule has 0 atom stereocenters. The molecule has 0 aromatic heterocycles. The first-order valence-corrected chi connectivity index (χ1v) is 8.67. The van der Waals surface area contributed by atoms with Crippen LogP contribution in [0.15, 0.2) is 41.5 Å². The summed E-state index contributed by atoms with van der Waals surface area (Å²) in [6.07, 6.45) is 1.46. The zero-order valence-electron chi connectivity index (χ0n) is 15.8. The quantitative estimate of drug-likeness (QED) is 0.609. The van der Waals surface area contributed by atoms with E-state index in [-0.39, 0.29) is 16.8 Å². The van der Waals surface area contributed by atoms with E-state index in [0.717, 1.165) is 29.5 Å². The van der Waals surface area contributed by atoms with Crippen molar-refractivity contribution >= 4 is 22.8 Å². The minimum absolute atomic E-state index is 0.111. The molecule has 9 nitrogen and oxygen atoms in total. The molecule has 2 aromatic rings. The number of benzene rings is 2. The largest absolute Gasteiger partial charge is 0.497 e. The van der Waals surface area contributed by atoms with Gasteiger partial charge in [0.15, 0.2) is 0 Å². The first-order valence-electron chi connectivity index (χ1n) is 8.67. The van der Waals surface area contributed by atoms with E-state index >= 15 is 0 Å². The second-order valence-corrected chi connectivity index (χ2v) is 7.03. The monoisotopic (exact) mass is 384 g/mol. The molecular weight excluding hydrogens is 364 g/mol. The summed E-state index contributed by atoms with van der Waals surface area (Å²) in [5, 5.41) is 26.6. The van der Waals surface area contributed by atoms with Gasteiger partial charge in [-0.3, -0.25) is 25.7 Å². The number of hydrogen-bond donors (Lipinski definition) is 1. The van der Waals surface area contributed by atoms with Crippen LogP contribution in [0.25, 0.3) is 0 Å². The molecule has 9 heteroatoms. The van der Waals surface area contributed by atoms with E-state index in [1.54, 1.807) is 7.11 Å². The average Bonchev–Trinajstić information content (AvgIpc) is 2.66. The number of non-ortho nitro benzene ring substituents is 1. The Kier molecular flexibility index (Phi) is 5.00. The summed E-state index contributed by atoms with van der Waals surface area (Å²) >= 11 is 0. The van der Waals surface area contributed by atoms with Gasteiger partial charge in [-0.05, 0) is 42.2 Å². The Balaban J connectivity index is 1.92. The molecule has 2 aromatic carbocycles. The van der Waals surface area contributed by atoms with Crippen molar-refractivity contribution < 1.29 is 14.6 Å². The minimum atomic E-state index is -0.669. The van der Waals surface area contributed by atoms with Gasteiger partial charge < -0.3 is 4.74 Å². The molecule has 3 rings (SSSR count). The third-order valence-corrected chi connectivity index (χ3v) is 5.04. The van der Waals surface area contributed by atoms with Crippen molar-refractivity contribution in [3.05, 3.63) is 67.8 Å². The Morgan fingerprint density at radius 2 is 1.82 bits per heavy atom. The maximum Gasteiger partial charge on any atom is 0.301 e. The number of nitrogens with zero attached hydrogens (tertiary/aromatic N) is 3. The summed E-state index contributed by atoms with van der Waals surface area (Å²) in [5.41, 5.74) is 4.90. The van der Waals surface area contributed by atoms with Crippen LogP contribution >= 0.6 is 0 Å². The molecule has 0 spiro atoms. The van der Waals surface area contributed by atoms with E-state index < -0.39 is 15.5 Å². The highest BCUT2D eigenvalue weighted by atomic mass is 16.6. The summed E-state index contributed by atoms with van der Waals surface area (Å²) in [7, 11) is 1.63. The van der Waals surface area contributed by atoms with Crippen LogP contribution in [0.5, 0.6) is 5.75 Å². The Hall–Kier alpha value is -3.49. The van der Waals surface area contributed by atoms with Gasteiger partial charge in [0.05, 0.1) is 23.0 Å². The van der Waals surface area contributed by atoms with Crippen LogP contribution < -0.4 is 10.2 Å². The van der Waals surface area contributed by atoms with Crippen LogP contribution in [-0.4, -0.2) is 22.7 Å². The smallest absolute Gasteiger partial charge is 0.301 e. The Labute approximate surface area is 161 Å². The van der Waals surface area contributed by atoms with Gasteiger partial charge in [0, 0.05) is 17.2 Å². The molecule has 0 unspecified atom stereocenters. The highest BCUT2D eigenvalue weighted by Gasteiger charge is 2.34. The Bertz CT molecular complexity index is 984. The lowest BCUT2D eigenvalue weighted by Gasteiger charge is -2.34. The summed E-state index contributed by atoms with van der Waals surface area (Å²) in [6.45, 7) is 4.09. The number of hydrazone groups is 1. The van der Waals surface area contributed by atoms with Crippen molar-refractivity contribution in [3.63, 3.8) is 0 Å². The average molecular weight is 384 g/mol. The molecule has 0 fully saturated rings. The maximum absolute atomic E-state index is 11.3. The predicted molar refractivity (Wildman–Crippen MR) is 105 cm³/mol. The number of nitro benzene ring substituents is 2. The fourth-order valence-electron chi connectivity index (χ4n) is 3.44. The van der Waals surface area contributed by atoms with Crippen molar-refractivity contribution in [2.45, 2.75) is 32.1 Å². The maximum atomic E-state index is 11.3. The first-order chi connectivity index (χ1) is 13.2. The zero-order chi connectivity index (χ0) is 20.5. The Morgan fingerprint density at radius 1 is 1.07 bits per heavy atom. The van der Waals surface area contributed by atoms with E-state index in [0.29, 0.717) is 6.42 Å². The number of anilines is 1. The fraction of sp³-hybridized carbons (Fsp3) is 0.316. The number of aryl methyl sites for hydroxylation is 1. The fourth-order valence-corrected chi connectivity index (χ4v) is 3.44. The lowest BCUT2D eigenvalue weighted by Crippen LogP contribution is -2.35. The van der Waals surface area contributed by atoms with Crippen LogP contribution in [0.2, 0.25) is 0 Å². The third-order valence-electron chi connectivity index (χ3n) is 5.04. The van der Waals surface area contributed by atoms with E-state index in [1.165, 1.54) is 17.7 Å². The molecule has 0 bridgehead atoms. The number of ether oxygens (including phenoxy) is 1. The SMILES string of the molecule is COc1ccc2c(c1)CCC(=NNc1ccc([N+](=O)[O-])cc1[N+](=O)[O-])C2(C)C. The highest BCUT2D eigenvalue weighted by molar-refractivity contribution is 5.96. The standard InChI is InChI=1S/C19H20N4O5/c1-19(2)15-7-6-14(28-3)10-12(15)4-9-18(19)21-20-16-8-5-13(22(24)25)11-17(16)23(26)27/h5-8,10-11,20H,4,9H2,1-3H3. The van der Waals surface area contributed by atoms with Crippen LogP contribution in [0.1, 0.15) is 31.4 Å². The first kappa shape index (κ1) is 19.3. The molecule has 0 heterocycles. The molecule has 0 saturated heterocycles. The molecule has 0 radical (unpaired) electrons. The molecular formula is C19H20N4O5. The predicted octanol–water partition coefficient (Wildman–Crippen LogP) is 4.20. The molecule has 0 saturated carbocycles. The van der Waals surface area contributed by atoms with E-state index in [4.69, 9.17) is 4.74 Å². The molecule has 1 aliphatic rings. The number of methoxy groups -OCH3 is 1. The Morgan fingerprint density at radius 3 is 2.46 bits per heavy atom. The normalized spacial score (nSPS) is 16.3. The van der Waals surface area contributed by atoms with Gasteiger partial charge in [0.2, 0.25) is 0 Å². The van der Waals surface area contributed by atoms with Gasteiger partial charge in [0.25, 0.3) is 5.69 Å². The van der Waals surface area contributed by atoms with Crippen molar-refractivity contribution in [3.8, 4) is 5.75 Å². The van der Waals surface area contributed by atoms with Crippen LogP contribution in [0, 0.1) is 20.2 Å². The lowest BCUT2D eigenvalue weighted by molar-refractivity contribution is -0.393. The number of nitrogens with one attached hydrogen (secondary N) is 1. The van der Waals surface area contributed by atoms with Gasteiger partial charge in [-0.25, -0.2) is 0 Å². The summed E-state index contributed by atoms with van der Waals surface area (Å²) in [5.74, 6) is 0.801. The number of hydrogen-bond acceptors (Lipinski definition) is 7. The van der Waals surface area contributed by atoms with Gasteiger partial charge in [-0.15, -0.1) is 0 Å². The third kappa shape index (κ3) is 3.51. The van der Waals surface area contributed by atoms with Gasteiger partial charge in [-0.2, -0.15) is 5.10 Å². The van der Waals surface area contributed by atoms with Crippen molar-refractivity contribution in [1.29, 1.82) is 0 Å². The molecule has 1 N–H and O–H groups in total. The second-order valence-electron chi connectivity index (χ2n) is 7.03. The molecule has 0 aliphatic heterocycles. The topological polar surface area (TPSA) is 120 Å².